The second-order valence-corrected chi connectivity index (χ2v) is 4.77. The molecule has 0 amide bonds. The van der Waals surface area contributed by atoms with E-state index in [1.165, 1.54) is 6.07 Å². The van der Waals surface area contributed by atoms with Gasteiger partial charge in [-0.2, -0.15) is 0 Å². The minimum atomic E-state index is -0.534. The smallest absolute Gasteiger partial charge is 0.289 e. The molecule has 0 radical (unpaired) electrons. The van der Waals surface area contributed by atoms with Gasteiger partial charge in [-0.15, -0.1) is 0 Å². The molecule has 1 saturated heterocycles. The maximum Gasteiger partial charge on any atom is 0.289 e. The molecule has 2 heterocycles. The van der Waals surface area contributed by atoms with E-state index in [1.807, 2.05) is 0 Å². The van der Waals surface area contributed by atoms with Gasteiger partial charge in [-0.25, -0.2) is 4.98 Å². The summed E-state index contributed by atoms with van der Waals surface area (Å²) < 4.78 is 5.70. The molecule has 2 atom stereocenters. The maximum atomic E-state index is 10.6. The van der Waals surface area contributed by atoms with E-state index in [2.05, 4.69) is 17.2 Å². The Morgan fingerprint density at radius 3 is 3.06 bits per heavy atom. The first-order valence-corrected chi connectivity index (χ1v) is 6.13. The van der Waals surface area contributed by atoms with Crippen molar-refractivity contribution in [3.63, 3.8) is 0 Å². The van der Waals surface area contributed by atoms with Crippen LogP contribution in [0.1, 0.15) is 13.3 Å². The monoisotopic (exact) mass is 271 g/mol. The summed E-state index contributed by atoms with van der Waals surface area (Å²) in [7, 11) is 0. The Bertz CT molecular complexity index is 455. The Balaban J connectivity index is 2.11. The normalized spacial score (nSPS) is 23.7. The molecule has 0 aliphatic carbocycles. The van der Waals surface area contributed by atoms with Gasteiger partial charge in [0, 0.05) is 12.6 Å². The number of nitro groups is 1. The van der Waals surface area contributed by atoms with Gasteiger partial charge in [0.2, 0.25) is 5.88 Å². The Hall–Kier alpha value is -1.40. The molecular weight excluding hydrogens is 258 g/mol. The Morgan fingerprint density at radius 1 is 1.67 bits per heavy atom. The fourth-order valence-electron chi connectivity index (χ4n) is 1.86. The highest BCUT2D eigenvalue weighted by Gasteiger charge is 2.24. The molecule has 1 aromatic heterocycles. The third-order valence-corrected chi connectivity index (χ3v) is 3.29. The van der Waals surface area contributed by atoms with Gasteiger partial charge in [-0.05, 0) is 18.9 Å². The average molecular weight is 272 g/mol. The zero-order chi connectivity index (χ0) is 13.1. The number of aromatic nitrogens is 1. The summed E-state index contributed by atoms with van der Waals surface area (Å²) in [4.78, 5) is 13.9. The molecule has 1 aliphatic heterocycles. The minimum Gasteiger partial charge on any atom is -0.472 e. The van der Waals surface area contributed by atoms with Crippen molar-refractivity contribution in [2.24, 2.45) is 5.92 Å². The molecule has 98 valence electrons. The molecule has 0 aromatic carbocycles. The minimum absolute atomic E-state index is 0.00907. The summed E-state index contributed by atoms with van der Waals surface area (Å²) in [5.74, 6) is 0.655. The Labute approximate surface area is 109 Å². The molecule has 1 aliphatic rings. The predicted octanol–water partition coefficient (Wildman–Crippen LogP) is 2.02. The van der Waals surface area contributed by atoms with Crippen LogP contribution in [0.25, 0.3) is 0 Å². The van der Waals surface area contributed by atoms with Crippen LogP contribution in [0, 0.1) is 16.0 Å². The van der Waals surface area contributed by atoms with E-state index in [-0.39, 0.29) is 22.7 Å². The van der Waals surface area contributed by atoms with Crippen LogP contribution in [-0.4, -0.2) is 29.1 Å². The fourth-order valence-corrected chi connectivity index (χ4v) is 2.07. The highest BCUT2D eigenvalue weighted by atomic mass is 35.5. The van der Waals surface area contributed by atoms with Crippen LogP contribution in [0.4, 0.5) is 5.69 Å². The van der Waals surface area contributed by atoms with Crippen LogP contribution in [-0.2, 0) is 0 Å². The third-order valence-electron chi connectivity index (χ3n) is 3.02. The van der Waals surface area contributed by atoms with Crippen molar-refractivity contribution in [2.75, 3.05) is 13.1 Å². The van der Waals surface area contributed by atoms with Crippen molar-refractivity contribution in [1.82, 2.24) is 10.3 Å². The van der Waals surface area contributed by atoms with Crippen LogP contribution in [0.3, 0.4) is 0 Å². The van der Waals surface area contributed by atoms with Crippen LogP contribution in [0.5, 0.6) is 5.88 Å². The SMILES string of the molecule is CC1CCNCC1Oc1ncc([N+](=O)[O-])cc1Cl. The highest BCUT2D eigenvalue weighted by molar-refractivity contribution is 6.32. The first kappa shape index (κ1) is 13.0. The molecule has 0 bridgehead atoms. The van der Waals surface area contributed by atoms with Gasteiger partial charge < -0.3 is 10.1 Å². The summed E-state index contributed by atoms with van der Waals surface area (Å²) in [5, 5.41) is 14.0. The molecule has 2 rings (SSSR count). The highest BCUT2D eigenvalue weighted by Crippen LogP contribution is 2.28. The molecule has 1 aromatic rings. The number of hydrogen-bond donors (Lipinski definition) is 1. The molecule has 2 unspecified atom stereocenters. The first-order chi connectivity index (χ1) is 8.58. The molecule has 0 spiro atoms. The van der Waals surface area contributed by atoms with Crippen molar-refractivity contribution in [1.29, 1.82) is 0 Å². The predicted molar refractivity (Wildman–Crippen MR) is 67.0 cm³/mol. The lowest BCUT2D eigenvalue weighted by Crippen LogP contribution is -2.43. The second-order valence-electron chi connectivity index (χ2n) is 4.36. The standard InChI is InChI=1S/C11H14ClN3O3/c1-7-2-3-13-6-10(7)18-11-9(12)4-8(5-14-11)15(16)17/h4-5,7,10,13H,2-3,6H2,1H3. The largest absolute Gasteiger partial charge is 0.472 e. The summed E-state index contributed by atoms with van der Waals surface area (Å²) in [6.07, 6.45) is 2.17. The second kappa shape index (κ2) is 5.49. The quantitative estimate of drug-likeness (QED) is 0.672. The molecule has 7 heteroatoms. The van der Waals surface area contributed by atoms with Crippen molar-refractivity contribution in [3.05, 3.63) is 27.4 Å². The van der Waals surface area contributed by atoms with E-state index in [1.54, 1.807) is 0 Å². The number of pyridine rings is 1. The van der Waals surface area contributed by atoms with Crippen LogP contribution >= 0.6 is 11.6 Å². The van der Waals surface area contributed by atoms with Gasteiger partial charge in [0.05, 0.1) is 4.92 Å². The molecule has 1 N–H and O–H groups in total. The lowest BCUT2D eigenvalue weighted by molar-refractivity contribution is -0.385. The van der Waals surface area contributed by atoms with E-state index >= 15 is 0 Å². The van der Waals surface area contributed by atoms with E-state index in [9.17, 15) is 10.1 Å². The number of nitrogens with zero attached hydrogens (tertiary/aromatic N) is 2. The molecule has 1 fully saturated rings. The third kappa shape index (κ3) is 2.88. The Morgan fingerprint density at radius 2 is 2.44 bits per heavy atom. The van der Waals surface area contributed by atoms with Crippen molar-refractivity contribution in [3.8, 4) is 5.88 Å². The van der Waals surface area contributed by atoms with Gasteiger partial charge in [0.1, 0.15) is 17.3 Å². The van der Waals surface area contributed by atoms with Gasteiger partial charge >= 0.3 is 0 Å². The number of ether oxygens (including phenoxy) is 1. The topological polar surface area (TPSA) is 77.3 Å². The van der Waals surface area contributed by atoms with Gasteiger partial charge in [0.15, 0.2) is 0 Å². The zero-order valence-corrected chi connectivity index (χ0v) is 10.7. The van der Waals surface area contributed by atoms with Crippen LogP contribution < -0.4 is 10.1 Å². The van der Waals surface area contributed by atoms with Gasteiger partial charge in [-0.3, -0.25) is 10.1 Å². The lowest BCUT2D eigenvalue weighted by Gasteiger charge is -2.29. The lowest BCUT2D eigenvalue weighted by atomic mass is 9.97. The number of hydrogen-bond acceptors (Lipinski definition) is 5. The summed E-state index contributed by atoms with van der Waals surface area (Å²) in [6, 6.07) is 1.25. The fraction of sp³-hybridized carbons (Fsp3) is 0.545. The van der Waals surface area contributed by atoms with E-state index < -0.39 is 4.92 Å². The van der Waals surface area contributed by atoms with Crippen LogP contribution in [0.2, 0.25) is 5.02 Å². The first-order valence-electron chi connectivity index (χ1n) is 5.75. The number of nitrogens with one attached hydrogen (secondary N) is 1. The summed E-state index contributed by atoms with van der Waals surface area (Å²) >= 11 is 5.93. The van der Waals surface area contributed by atoms with Crippen molar-refractivity contribution >= 4 is 17.3 Å². The summed E-state index contributed by atoms with van der Waals surface area (Å²) in [5.41, 5.74) is -0.137. The van der Waals surface area contributed by atoms with Gasteiger partial charge in [-0.1, -0.05) is 18.5 Å². The molecule has 0 saturated carbocycles. The van der Waals surface area contributed by atoms with E-state index in [0.29, 0.717) is 5.92 Å². The van der Waals surface area contributed by atoms with E-state index in [0.717, 1.165) is 25.7 Å². The maximum absolute atomic E-state index is 10.6. The Kier molecular flexibility index (Phi) is 3.98. The molecule has 18 heavy (non-hydrogen) atoms. The number of rotatable bonds is 3. The average Bonchev–Trinajstić information content (AvgIpc) is 2.34. The van der Waals surface area contributed by atoms with Crippen molar-refractivity contribution < 1.29 is 9.66 Å². The summed E-state index contributed by atoms with van der Waals surface area (Å²) in [6.45, 7) is 3.81. The van der Waals surface area contributed by atoms with E-state index in [4.69, 9.17) is 16.3 Å². The number of piperidine rings is 1. The van der Waals surface area contributed by atoms with Gasteiger partial charge in [0.25, 0.3) is 5.69 Å². The number of halogens is 1. The molecule has 6 nitrogen and oxygen atoms in total. The van der Waals surface area contributed by atoms with Crippen molar-refractivity contribution in [2.45, 2.75) is 19.4 Å². The zero-order valence-electron chi connectivity index (χ0n) is 9.93. The molecular formula is C11H14ClN3O3. The van der Waals surface area contributed by atoms with Crippen LogP contribution in [0.15, 0.2) is 12.3 Å².